The lowest BCUT2D eigenvalue weighted by Gasteiger charge is -2.36. The van der Waals surface area contributed by atoms with E-state index < -0.39 is 0 Å². The topological polar surface area (TPSA) is 74.2 Å². The van der Waals surface area contributed by atoms with E-state index in [9.17, 15) is 0 Å². The molecule has 106 valence electrons. The first-order valence-electron chi connectivity index (χ1n) is 7.29. The third-order valence-corrected chi connectivity index (χ3v) is 4.89. The van der Waals surface area contributed by atoms with Gasteiger partial charge in [0.2, 0.25) is 11.7 Å². The Bertz CT molecular complexity index is 453. The molecule has 0 bridgehead atoms. The largest absolute Gasteiger partial charge is 0.367 e. The van der Waals surface area contributed by atoms with Gasteiger partial charge in [0.1, 0.15) is 5.60 Å². The zero-order chi connectivity index (χ0) is 13.5. The smallest absolute Gasteiger partial charge is 0.234 e. The van der Waals surface area contributed by atoms with Crippen molar-refractivity contribution in [1.82, 2.24) is 10.1 Å². The Balaban J connectivity index is 1.88. The van der Waals surface area contributed by atoms with Crippen molar-refractivity contribution in [2.45, 2.75) is 69.4 Å². The zero-order valence-electron chi connectivity index (χ0n) is 11.8. The first kappa shape index (κ1) is 13.1. The van der Waals surface area contributed by atoms with Crippen molar-refractivity contribution in [2.75, 3.05) is 6.61 Å². The van der Waals surface area contributed by atoms with Crippen LogP contribution in [0.5, 0.6) is 0 Å². The van der Waals surface area contributed by atoms with Crippen molar-refractivity contribution in [3.05, 3.63) is 11.7 Å². The summed E-state index contributed by atoms with van der Waals surface area (Å²) in [6, 6.07) is 0.104. The Hall–Kier alpha value is -0.940. The van der Waals surface area contributed by atoms with E-state index in [1.54, 1.807) is 0 Å². The van der Waals surface area contributed by atoms with E-state index in [0.717, 1.165) is 32.3 Å². The summed E-state index contributed by atoms with van der Waals surface area (Å²) in [5.74, 6) is 1.37. The standard InChI is InChI=1S/C14H23N3O2/c1-13(7-4-3-6-10(13)15)12-16-11(17-19-12)14(2)8-5-9-18-14/h10H,3-9,15H2,1-2H3. The van der Waals surface area contributed by atoms with Crippen molar-refractivity contribution < 1.29 is 9.26 Å². The van der Waals surface area contributed by atoms with E-state index in [2.05, 4.69) is 17.1 Å². The molecule has 3 unspecified atom stereocenters. The fourth-order valence-electron chi connectivity index (χ4n) is 3.25. The minimum absolute atomic E-state index is 0.104. The van der Waals surface area contributed by atoms with E-state index in [-0.39, 0.29) is 17.1 Å². The van der Waals surface area contributed by atoms with Crippen LogP contribution in [0.15, 0.2) is 4.52 Å². The summed E-state index contributed by atoms with van der Waals surface area (Å²) in [5, 5.41) is 4.16. The minimum atomic E-state index is -0.378. The average Bonchev–Trinajstić information content (AvgIpc) is 3.02. The average molecular weight is 265 g/mol. The first-order valence-corrected chi connectivity index (χ1v) is 7.29. The summed E-state index contributed by atoms with van der Waals surface area (Å²) in [6.07, 6.45) is 6.43. The molecule has 1 aromatic rings. The van der Waals surface area contributed by atoms with Gasteiger partial charge in [0.05, 0.1) is 5.41 Å². The minimum Gasteiger partial charge on any atom is -0.367 e. The van der Waals surface area contributed by atoms with E-state index >= 15 is 0 Å². The summed E-state index contributed by atoms with van der Waals surface area (Å²) in [6.45, 7) is 4.96. The number of ether oxygens (including phenoxy) is 1. The van der Waals surface area contributed by atoms with Crippen molar-refractivity contribution in [1.29, 1.82) is 0 Å². The molecule has 1 aliphatic carbocycles. The summed E-state index contributed by atoms with van der Waals surface area (Å²) in [4.78, 5) is 4.63. The lowest BCUT2D eigenvalue weighted by atomic mass is 9.72. The molecule has 2 N–H and O–H groups in total. The highest BCUT2D eigenvalue weighted by Gasteiger charge is 2.43. The molecule has 5 nitrogen and oxygen atoms in total. The number of aromatic nitrogens is 2. The molecule has 0 amide bonds. The highest BCUT2D eigenvalue weighted by Crippen LogP contribution is 2.39. The molecule has 0 radical (unpaired) electrons. The van der Waals surface area contributed by atoms with Gasteiger partial charge in [-0.2, -0.15) is 4.98 Å². The molecule has 3 atom stereocenters. The molecule has 1 saturated carbocycles. The highest BCUT2D eigenvalue weighted by molar-refractivity contribution is 5.12. The highest BCUT2D eigenvalue weighted by atomic mass is 16.5. The summed E-state index contributed by atoms with van der Waals surface area (Å²) in [5.41, 5.74) is 5.72. The van der Waals surface area contributed by atoms with Crippen LogP contribution in [-0.2, 0) is 15.8 Å². The van der Waals surface area contributed by atoms with Crippen molar-refractivity contribution in [3.63, 3.8) is 0 Å². The van der Waals surface area contributed by atoms with Crippen LogP contribution in [0.1, 0.15) is 64.1 Å². The molecule has 2 fully saturated rings. The van der Waals surface area contributed by atoms with E-state index in [1.807, 2.05) is 6.92 Å². The second-order valence-electron chi connectivity index (χ2n) is 6.38. The Morgan fingerprint density at radius 1 is 1.21 bits per heavy atom. The monoisotopic (exact) mass is 265 g/mol. The number of nitrogens with two attached hydrogens (primary N) is 1. The molecule has 0 spiro atoms. The van der Waals surface area contributed by atoms with Gasteiger partial charge < -0.3 is 15.0 Å². The van der Waals surface area contributed by atoms with Crippen molar-refractivity contribution in [3.8, 4) is 0 Å². The van der Waals surface area contributed by atoms with Gasteiger partial charge in [0.25, 0.3) is 0 Å². The number of nitrogens with zero attached hydrogens (tertiary/aromatic N) is 2. The molecule has 0 aromatic carbocycles. The normalized spacial score (nSPS) is 39.6. The molecular weight excluding hydrogens is 242 g/mol. The van der Waals surface area contributed by atoms with Crippen LogP contribution < -0.4 is 5.73 Å². The second kappa shape index (κ2) is 4.56. The van der Waals surface area contributed by atoms with Crippen molar-refractivity contribution >= 4 is 0 Å². The second-order valence-corrected chi connectivity index (χ2v) is 6.38. The fourth-order valence-corrected chi connectivity index (χ4v) is 3.25. The summed E-state index contributed by atoms with van der Waals surface area (Å²) in [7, 11) is 0. The lowest BCUT2D eigenvalue weighted by molar-refractivity contribution is 0.00768. The van der Waals surface area contributed by atoms with Crippen LogP contribution in [0.2, 0.25) is 0 Å². The molecule has 1 saturated heterocycles. The number of rotatable bonds is 2. The fraction of sp³-hybridized carbons (Fsp3) is 0.857. The Kier molecular flexibility index (Phi) is 3.14. The molecule has 19 heavy (non-hydrogen) atoms. The summed E-state index contributed by atoms with van der Waals surface area (Å²) < 4.78 is 11.3. The van der Waals surface area contributed by atoms with Crippen LogP contribution in [0, 0.1) is 0 Å². The molecular formula is C14H23N3O2. The molecule has 1 aliphatic heterocycles. The summed E-state index contributed by atoms with van der Waals surface area (Å²) >= 11 is 0. The molecule has 2 aliphatic rings. The predicted molar refractivity (Wildman–Crippen MR) is 70.6 cm³/mol. The van der Waals surface area contributed by atoms with Crippen LogP contribution in [0.4, 0.5) is 0 Å². The van der Waals surface area contributed by atoms with Crippen LogP contribution in [0.25, 0.3) is 0 Å². The van der Waals surface area contributed by atoms with Gasteiger partial charge in [-0.25, -0.2) is 0 Å². The third kappa shape index (κ3) is 2.09. The first-order chi connectivity index (χ1) is 9.05. The Morgan fingerprint density at radius 3 is 2.74 bits per heavy atom. The Labute approximate surface area is 113 Å². The van der Waals surface area contributed by atoms with E-state index in [4.69, 9.17) is 15.0 Å². The van der Waals surface area contributed by atoms with E-state index in [0.29, 0.717) is 11.7 Å². The van der Waals surface area contributed by atoms with Crippen LogP contribution >= 0.6 is 0 Å². The van der Waals surface area contributed by atoms with Gasteiger partial charge in [0, 0.05) is 12.6 Å². The zero-order valence-corrected chi connectivity index (χ0v) is 11.8. The van der Waals surface area contributed by atoms with Gasteiger partial charge in [-0.1, -0.05) is 18.0 Å². The molecule has 2 heterocycles. The van der Waals surface area contributed by atoms with Gasteiger partial charge in [-0.15, -0.1) is 0 Å². The number of hydrogen-bond acceptors (Lipinski definition) is 5. The van der Waals surface area contributed by atoms with E-state index in [1.165, 1.54) is 12.8 Å². The van der Waals surface area contributed by atoms with Gasteiger partial charge in [-0.05, 0) is 39.5 Å². The Morgan fingerprint density at radius 2 is 2.05 bits per heavy atom. The molecule has 1 aromatic heterocycles. The predicted octanol–water partition coefficient (Wildman–Crippen LogP) is 2.25. The maximum atomic E-state index is 6.28. The van der Waals surface area contributed by atoms with Crippen LogP contribution in [0.3, 0.4) is 0 Å². The maximum Gasteiger partial charge on any atom is 0.234 e. The lowest BCUT2D eigenvalue weighted by Crippen LogP contribution is -2.45. The molecule has 3 rings (SSSR count). The molecule has 5 heteroatoms. The maximum absolute atomic E-state index is 6.28. The van der Waals surface area contributed by atoms with Crippen molar-refractivity contribution in [2.24, 2.45) is 5.73 Å². The van der Waals surface area contributed by atoms with Gasteiger partial charge >= 0.3 is 0 Å². The van der Waals surface area contributed by atoms with Gasteiger partial charge in [-0.3, -0.25) is 0 Å². The van der Waals surface area contributed by atoms with Gasteiger partial charge in [0.15, 0.2) is 0 Å². The number of hydrogen-bond donors (Lipinski definition) is 1. The SMILES string of the molecule is CC1(c2noc(C3(C)CCCCC3N)n2)CCCO1. The quantitative estimate of drug-likeness (QED) is 0.887. The third-order valence-electron chi connectivity index (χ3n) is 4.89. The van der Waals surface area contributed by atoms with Crippen LogP contribution in [-0.4, -0.2) is 22.8 Å².